The van der Waals surface area contributed by atoms with Gasteiger partial charge < -0.3 is 15.0 Å². The average molecular weight is 419 g/mol. The molecule has 0 saturated carbocycles. The number of rotatable bonds is 6. The summed E-state index contributed by atoms with van der Waals surface area (Å²) in [5.41, 5.74) is 1.38. The molecule has 154 valence electrons. The monoisotopic (exact) mass is 418 g/mol. The summed E-state index contributed by atoms with van der Waals surface area (Å²) in [6.07, 6.45) is 0. The summed E-state index contributed by atoms with van der Waals surface area (Å²) in [7, 11) is 1.64. The van der Waals surface area contributed by atoms with E-state index < -0.39 is 4.92 Å². The van der Waals surface area contributed by atoms with Gasteiger partial charge in [0.15, 0.2) is 0 Å². The smallest absolute Gasteiger partial charge is 0.271 e. The van der Waals surface area contributed by atoms with E-state index in [1.807, 2.05) is 31.2 Å². The lowest BCUT2D eigenvalue weighted by Gasteiger charge is -2.38. The predicted octanol–water partition coefficient (Wildman–Crippen LogP) is 3.41. The Morgan fingerprint density at radius 1 is 1.17 bits per heavy atom. The summed E-state index contributed by atoms with van der Waals surface area (Å²) >= 11 is 6.07. The van der Waals surface area contributed by atoms with Gasteiger partial charge in [0.25, 0.3) is 5.69 Å². The van der Waals surface area contributed by atoms with Crippen LogP contribution < -0.4 is 15.0 Å². The van der Waals surface area contributed by atoms with Crippen LogP contribution in [0.5, 0.6) is 5.75 Å². The molecule has 1 atom stereocenters. The van der Waals surface area contributed by atoms with Gasteiger partial charge >= 0.3 is 0 Å². The molecule has 1 saturated heterocycles. The third-order valence-corrected chi connectivity index (χ3v) is 5.41. The maximum absolute atomic E-state index is 12.6. The van der Waals surface area contributed by atoms with Gasteiger partial charge in [-0.2, -0.15) is 0 Å². The van der Waals surface area contributed by atoms with Crippen molar-refractivity contribution in [2.45, 2.75) is 13.0 Å². The van der Waals surface area contributed by atoms with Gasteiger partial charge in [-0.25, -0.2) is 0 Å². The van der Waals surface area contributed by atoms with E-state index in [4.69, 9.17) is 16.3 Å². The van der Waals surface area contributed by atoms with Crippen molar-refractivity contribution in [1.29, 1.82) is 0 Å². The molecule has 9 heteroatoms. The van der Waals surface area contributed by atoms with E-state index in [0.717, 1.165) is 37.6 Å². The minimum absolute atomic E-state index is 0.115. The molecule has 1 aliphatic heterocycles. The molecule has 0 radical (unpaired) electrons. The predicted molar refractivity (Wildman–Crippen MR) is 113 cm³/mol. The molecule has 1 aliphatic rings. The van der Waals surface area contributed by atoms with Crippen LogP contribution in [0.1, 0.15) is 6.92 Å². The second-order valence-corrected chi connectivity index (χ2v) is 7.21. The van der Waals surface area contributed by atoms with Crippen molar-refractivity contribution < 1.29 is 14.5 Å². The van der Waals surface area contributed by atoms with E-state index >= 15 is 0 Å². The van der Waals surface area contributed by atoms with E-state index in [1.165, 1.54) is 18.2 Å². The number of hydrogen-bond acceptors (Lipinski definition) is 6. The quantitative estimate of drug-likeness (QED) is 0.571. The van der Waals surface area contributed by atoms with Crippen LogP contribution in [0.4, 0.5) is 17.1 Å². The molecule has 2 aromatic carbocycles. The van der Waals surface area contributed by atoms with E-state index in [1.54, 1.807) is 7.11 Å². The van der Waals surface area contributed by atoms with Gasteiger partial charge in [0.05, 0.1) is 28.8 Å². The second kappa shape index (κ2) is 9.11. The van der Waals surface area contributed by atoms with Crippen molar-refractivity contribution >= 4 is 34.6 Å². The zero-order chi connectivity index (χ0) is 21.0. The number of nitrogens with one attached hydrogen (secondary N) is 1. The first kappa shape index (κ1) is 20.9. The molecular formula is C20H23ClN4O4. The highest BCUT2D eigenvalue weighted by Crippen LogP contribution is 2.27. The highest BCUT2D eigenvalue weighted by atomic mass is 35.5. The first-order chi connectivity index (χ1) is 13.9. The summed E-state index contributed by atoms with van der Waals surface area (Å²) in [6, 6.07) is 11.6. The summed E-state index contributed by atoms with van der Waals surface area (Å²) in [5, 5.41) is 13.7. The van der Waals surface area contributed by atoms with Gasteiger partial charge in [0, 0.05) is 44.0 Å². The topological polar surface area (TPSA) is 88.0 Å². The Hall–Kier alpha value is -2.84. The molecule has 1 heterocycles. The summed E-state index contributed by atoms with van der Waals surface area (Å²) in [6.45, 7) is 4.95. The number of piperazine rings is 1. The van der Waals surface area contributed by atoms with Crippen molar-refractivity contribution in [3.63, 3.8) is 0 Å². The van der Waals surface area contributed by atoms with Crippen LogP contribution in [0.2, 0.25) is 5.02 Å². The Bertz CT molecular complexity index is 883. The zero-order valence-corrected chi connectivity index (χ0v) is 17.1. The van der Waals surface area contributed by atoms with Gasteiger partial charge in [-0.3, -0.25) is 19.8 Å². The molecule has 0 bridgehead atoms. The lowest BCUT2D eigenvalue weighted by atomic mass is 10.2. The number of carbonyl (C=O) groups excluding carboxylic acids is 1. The lowest BCUT2D eigenvalue weighted by molar-refractivity contribution is -0.384. The molecule has 8 nitrogen and oxygen atoms in total. The third kappa shape index (κ3) is 4.96. The average Bonchev–Trinajstić information content (AvgIpc) is 2.74. The number of anilines is 2. The van der Waals surface area contributed by atoms with Crippen molar-refractivity contribution in [2.75, 3.05) is 43.5 Å². The van der Waals surface area contributed by atoms with Gasteiger partial charge in [-0.15, -0.1) is 0 Å². The Balaban J connectivity index is 1.56. The van der Waals surface area contributed by atoms with Gasteiger partial charge in [0.1, 0.15) is 5.75 Å². The zero-order valence-electron chi connectivity index (χ0n) is 16.3. The molecule has 0 aliphatic carbocycles. The number of benzene rings is 2. The van der Waals surface area contributed by atoms with Crippen molar-refractivity contribution in [3.05, 3.63) is 57.6 Å². The van der Waals surface area contributed by atoms with Crippen molar-refractivity contribution in [2.24, 2.45) is 0 Å². The van der Waals surface area contributed by atoms with Crippen molar-refractivity contribution in [1.82, 2.24) is 4.90 Å². The van der Waals surface area contributed by atoms with Crippen LogP contribution in [-0.2, 0) is 4.79 Å². The maximum Gasteiger partial charge on any atom is 0.271 e. The van der Waals surface area contributed by atoms with Crippen LogP contribution in [0.25, 0.3) is 0 Å². The fraction of sp³-hybridized carbons (Fsp3) is 0.350. The van der Waals surface area contributed by atoms with Crippen molar-refractivity contribution in [3.8, 4) is 5.75 Å². The fourth-order valence-electron chi connectivity index (χ4n) is 3.28. The second-order valence-electron chi connectivity index (χ2n) is 6.81. The number of nitro benzene ring substituents is 1. The maximum atomic E-state index is 12.6. The molecule has 1 amide bonds. The first-order valence-corrected chi connectivity index (χ1v) is 9.64. The minimum Gasteiger partial charge on any atom is -0.497 e. The third-order valence-electron chi connectivity index (χ3n) is 5.10. The molecule has 0 aromatic heterocycles. The van der Waals surface area contributed by atoms with Crippen LogP contribution in [-0.4, -0.2) is 55.1 Å². The molecule has 0 spiro atoms. The van der Waals surface area contributed by atoms with E-state index in [-0.39, 0.29) is 22.7 Å². The van der Waals surface area contributed by atoms with Gasteiger partial charge in [0.2, 0.25) is 5.91 Å². The molecule has 2 aromatic rings. The summed E-state index contributed by atoms with van der Waals surface area (Å²) in [5.74, 6) is 0.626. The molecule has 29 heavy (non-hydrogen) atoms. The Morgan fingerprint density at radius 3 is 2.38 bits per heavy atom. The highest BCUT2D eigenvalue weighted by Gasteiger charge is 2.26. The largest absolute Gasteiger partial charge is 0.497 e. The Labute approximate surface area is 174 Å². The standard InChI is InChI=1S/C20H23ClN4O4/c1-14(20(26)22-19-8-5-16(25(27)28)13-18(19)21)23-9-11-24(12-10-23)15-3-6-17(29-2)7-4-15/h3-8,13-14H,9-12H2,1-2H3,(H,22,26). The number of nitro groups is 1. The highest BCUT2D eigenvalue weighted by molar-refractivity contribution is 6.34. The van der Waals surface area contributed by atoms with Gasteiger partial charge in [-0.1, -0.05) is 11.6 Å². The van der Waals surface area contributed by atoms with E-state index in [0.29, 0.717) is 5.69 Å². The number of hydrogen-bond donors (Lipinski definition) is 1. The van der Waals surface area contributed by atoms with Crippen LogP contribution in [0, 0.1) is 10.1 Å². The Morgan fingerprint density at radius 2 is 1.83 bits per heavy atom. The number of halogens is 1. The number of amides is 1. The number of non-ortho nitro benzene ring substituents is 1. The summed E-state index contributed by atoms with van der Waals surface area (Å²) < 4.78 is 5.19. The van der Waals surface area contributed by atoms with Crippen LogP contribution in [0.3, 0.4) is 0 Å². The summed E-state index contributed by atoms with van der Waals surface area (Å²) in [4.78, 5) is 27.3. The minimum atomic E-state index is -0.525. The van der Waals surface area contributed by atoms with Crippen LogP contribution >= 0.6 is 11.6 Å². The number of carbonyl (C=O) groups is 1. The number of ether oxygens (including phenoxy) is 1. The first-order valence-electron chi connectivity index (χ1n) is 9.27. The number of methoxy groups -OCH3 is 1. The molecule has 1 unspecified atom stereocenters. The normalized spacial score (nSPS) is 15.6. The molecule has 1 N–H and O–H groups in total. The van der Waals surface area contributed by atoms with E-state index in [9.17, 15) is 14.9 Å². The molecule has 1 fully saturated rings. The van der Waals surface area contributed by atoms with Crippen LogP contribution in [0.15, 0.2) is 42.5 Å². The Kier molecular flexibility index (Phi) is 6.56. The van der Waals surface area contributed by atoms with E-state index in [2.05, 4.69) is 15.1 Å². The lowest BCUT2D eigenvalue weighted by Crippen LogP contribution is -2.52. The SMILES string of the molecule is COc1ccc(N2CCN(C(C)C(=O)Nc3ccc([N+](=O)[O-])cc3Cl)CC2)cc1. The fourth-order valence-corrected chi connectivity index (χ4v) is 3.50. The molecule has 3 rings (SSSR count). The number of nitrogens with zero attached hydrogens (tertiary/aromatic N) is 3. The van der Waals surface area contributed by atoms with Gasteiger partial charge in [-0.05, 0) is 37.3 Å². The molecular weight excluding hydrogens is 396 g/mol.